The fourth-order valence-corrected chi connectivity index (χ4v) is 3.11. The van der Waals surface area contributed by atoms with Gasteiger partial charge in [-0.3, -0.25) is 4.79 Å². The third-order valence-corrected chi connectivity index (χ3v) is 4.61. The lowest BCUT2D eigenvalue weighted by molar-refractivity contribution is -0.121. The quantitative estimate of drug-likeness (QED) is 0.737. The molecule has 3 aromatic rings. The summed E-state index contributed by atoms with van der Waals surface area (Å²) in [4.78, 5) is 12.6. The van der Waals surface area contributed by atoms with E-state index in [0.717, 1.165) is 28.2 Å². The van der Waals surface area contributed by atoms with Gasteiger partial charge in [-0.25, -0.2) is 0 Å². The average Bonchev–Trinajstić information content (AvgIpc) is 3.13. The first-order valence-electron chi connectivity index (χ1n) is 8.55. The monoisotopic (exact) mass is 365 g/mol. The van der Waals surface area contributed by atoms with Gasteiger partial charge in [0, 0.05) is 5.69 Å². The Morgan fingerprint density at radius 1 is 1.26 bits per heavy atom. The molecule has 1 unspecified atom stereocenters. The van der Waals surface area contributed by atoms with Crippen LogP contribution in [0.1, 0.15) is 5.56 Å². The van der Waals surface area contributed by atoms with Crippen LogP contribution in [-0.4, -0.2) is 24.8 Å². The summed E-state index contributed by atoms with van der Waals surface area (Å²) in [6.45, 7) is 0.348. The van der Waals surface area contributed by atoms with Gasteiger partial charge in [0.15, 0.2) is 0 Å². The number of amides is 1. The Kier molecular flexibility index (Phi) is 4.42. The lowest BCUT2D eigenvalue weighted by Gasteiger charge is -2.25. The van der Waals surface area contributed by atoms with Crippen molar-refractivity contribution in [3.8, 4) is 22.6 Å². The van der Waals surface area contributed by atoms with Crippen molar-refractivity contribution in [3.05, 3.63) is 54.2 Å². The molecular formula is C20H19N3O4. The first-order valence-corrected chi connectivity index (χ1v) is 8.55. The highest BCUT2D eigenvalue weighted by atomic mass is 16.5. The number of hydrogen-bond donors (Lipinski definition) is 2. The second-order valence-electron chi connectivity index (χ2n) is 6.36. The van der Waals surface area contributed by atoms with Crippen LogP contribution in [0.5, 0.6) is 11.5 Å². The highest BCUT2D eigenvalue weighted by Crippen LogP contribution is 2.31. The first-order chi connectivity index (χ1) is 13.1. The SMILES string of the molecule is COc1ccc2c(c1)CC(C(=O)Nc1ccc(-c3cnoc3N)cc1)CO2. The normalized spacial score (nSPS) is 15.5. The summed E-state index contributed by atoms with van der Waals surface area (Å²) in [7, 11) is 1.62. The van der Waals surface area contributed by atoms with Gasteiger partial charge in [0.2, 0.25) is 11.8 Å². The van der Waals surface area contributed by atoms with Crippen molar-refractivity contribution in [2.75, 3.05) is 24.8 Å². The van der Waals surface area contributed by atoms with Gasteiger partial charge >= 0.3 is 0 Å². The highest BCUT2D eigenvalue weighted by molar-refractivity contribution is 5.93. The maximum atomic E-state index is 12.6. The standard InChI is InChI=1S/C20H19N3O4/c1-25-16-6-7-18-13(9-16)8-14(11-26-18)20(24)23-15-4-2-12(3-5-15)17-10-22-27-19(17)21/h2-7,9-10,14H,8,11,21H2,1H3,(H,23,24). The molecule has 0 spiro atoms. The summed E-state index contributed by atoms with van der Waals surface area (Å²) in [5, 5.41) is 6.61. The van der Waals surface area contributed by atoms with E-state index < -0.39 is 0 Å². The van der Waals surface area contributed by atoms with Gasteiger partial charge in [-0.1, -0.05) is 17.3 Å². The van der Waals surface area contributed by atoms with E-state index >= 15 is 0 Å². The maximum Gasteiger partial charge on any atom is 0.231 e. The molecule has 2 aromatic carbocycles. The summed E-state index contributed by atoms with van der Waals surface area (Å²) < 4.78 is 15.8. The Balaban J connectivity index is 1.44. The van der Waals surface area contributed by atoms with Crippen molar-refractivity contribution < 1.29 is 18.8 Å². The molecule has 1 atom stereocenters. The number of nitrogen functional groups attached to an aromatic ring is 1. The number of carbonyl (C=O) groups is 1. The van der Waals surface area contributed by atoms with Crippen molar-refractivity contribution >= 4 is 17.5 Å². The fourth-order valence-electron chi connectivity index (χ4n) is 3.11. The number of hydrogen-bond acceptors (Lipinski definition) is 6. The molecule has 1 amide bonds. The third-order valence-electron chi connectivity index (χ3n) is 4.61. The number of nitrogens with one attached hydrogen (secondary N) is 1. The smallest absolute Gasteiger partial charge is 0.231 e. The number of anilines is 2. The number of rotatable bonds is 4. The largest absolute Gasteiger partial charge is 0.497 e. The Bertz CT molecular complexity index is 966. The molecule has 0 bridgehead atoms. The van der Waals surface area contributed by atoms with Gasteiger partial charge in [0.05, 0.1) is 24.8 Å². The van der Waals surface area contributed by atoms with E-state index in [1.165, 1.54) is 0 Å². The van der Waals surface area contributed by atoms with Gasteiger partial charge in [0.25, 0.3) is 0 Å². The summed E-state index contributed by atoms with van der Waals surface area (Å²) in [5.74, 6) is 1.47. The van der Waals surface area contributed by atoms with Gasteiger partial charge < -0.3 is 25.0 Å². The average molecular weight is 365 g/mol. The summed E-state index contributed by atoms with van der Waals surface area (Å²) in [6.07, 6.45) is 2.17. The zero-order valence-electron chi connectivity index (χ0n) is 14.8. The molecule has 138 valence electrons. The van der Waals surface area contributed by atoms with Gasteiger partial charge in [0.1, 0.15) is 18.1 Å². The number of aromatic nitrogens is 1. The number of ether oxygens (including phenoxy) is 2. The van der Waals surface area contributed by atoms with Crippen LogP contribution in [0, 0.1) is 5.92 Å². The maximum absolute atomic E-state index is 12.6. The molecule has 27 heavy (non-hydrogen) atoms. The lowest BCUT2D eigenvalue weighted by atomic mass is 9.95. The third kappa shape index (κ3) is 3.44. The molecule has 0 fully saturated rings. The minimum atomic E-state index is -0.266. The van der Waals surface area contributed by atoms with Crippen molar-refractivity contribution in [3.63, 3.8) is 0 Å². The zero-order chi connectivity index (χ0) is 18.8. The number of nitrogens with two attached hydrogens (primary N) is 1. The first kappa shape index (κ1) is 17.0. The van der Waals surface area contributed by atoms with E-state index in [9.17, 15) is 4.79 Å². The molecule has 1 aliphatic heterocycles. The molecule has 3 N–H and O–H groups in total. The predicted molar refractivity (Wildman–Crippen MR) is 101 cm³/mol. The van der Waals surface area contributed by atoms with Crippen molar-refractivity contribution in [1.82, 2.24) is 5.16 Å². The predicted octanol–water partition coefficient (Wildman–Crippen LogP) is 3.12. The molecule has 1 aliphatic rings. The van der Waals surface area contributed by atoms with E-state index in [-0.39, 0.29) is 17.7 Å². The van der Waals surface area contributed by atoms with Crippen molar-refractivity contribution in [2.45, 2.75) is 6.42 Å². The Morgan fingerprint density at radius 3 is 2.78 bits per heavy atom. The molecular weight excluding hydrogens is 346 g/mol. The molecule has 4 rings (SSSR count). The van der Waals surface area contributed by atoms with E-state index in [4.69, 9.17) is 19.7 Å². The highest BCUT2D eigenvalue weighted by Gasteiger charge is 2.26. The molecule has 0 saturated heterocycles. The van der Waals surface area contributed by atoms with Crippen molar-refractivity contribution in [1.29, 1.82) is 0 Å². The molecule has 7 heteroatoms. The van der Waals surface area contributed by atoms with Crippen molar-refractivity contribution in [2.24, 2.45) is 5.92 Å². The summed E-state index contributed by atoms with van der Waals surface area (Å²) in [5.41, 5.74) is 8.99. The number of carbonyl (C=O) groups excluding carboxylic acids is 1. The van der Waals surface area contributed by atoms with Crippen LogP contribution in [0.3, 0.4) is 0 Å². The summed E-state index contributed by atoms with van der Waals surface area (Å²) >= 11 is 0. The Morgan fingerprint density at radius 2 is 2.07 bits per heavy atom. The zero-order valence-corrected chi connectivity index (χ0v) is 14.8. The molecule has 0 radical (unpaired) electrons. The summed E-state index contributed by atoms with van der Waals surface area (Å²) in [6, 6.07) is 13.0. The molecule has 2 heterocycles. The van der Waals surface area contributed by atoms with Crippen LogP contribution in [0.2, 0.25) is 0 Å². The van der Waals surface area contributed by atoms with E-state index in [2.05, 4.69) is 10.5 Å². The van der Waals surface area contributed by atoms with E-state index in [1.54, 1.807) is 13.3 Å². The lowest BCUT2D eigenvalue weighted by Crippen LogP contribution is -2.32. The van der Waals surface area contributed by atoms with Gasteiger partial charge in [-0.15, -0.1) is 0 Å². The van der Waals surface area contributed by atoms with Crippen LogP contribution < -0.4 is 20.5 Å². The van der Waals surface area contributed by atoms with Gasteiger partial charge in [-0.05, 0) is 47.9 Å². The minimum absolute atomic E-state index is 0.0827. The second kappa shape index (κ2) is 7.03. The second-order valence-corrected chi connectivity index (χ2v) is 6.36. The van der Waals surface area contributed by atoms with E-state index in [0.29, 0.717) is 18.7 Å². The van der Waals surface area contributed by atoms with Crippen LogP contribution in [0.15, 0.2) is 53.2 Å². The fraction of sp³-hybridized carbons (Fsp3) is 0.200. The number of benzene rings is 2. The van der Waals surface area contributed by atoms with Crippen LogP contribution >= 0.6 is 0 Å². The number of nitrogens with zero attached hydrogens (tertiary/aromatic N) is 1. The number of methoxy groups -OCH3 is 1. The molecule has 1 aromatic heterocycles. The van der Waals surface area contributed by atoms with E-state index in [1.807, 2.05) is 42.5 Å². The number of fused-ring (bicyclic) bond motifs is 1. The molecule has 0 aliphatic carbocycles. The van der Waals surface area contributed by atoms with Crippen LogP contribution in [0.25, 0.3) is 11.1 Å². The molecule has 0 saturated carbocycles. The van der Waals surface area contributed by atoms with Gasteiger partial charge in [-0.2, -0.15) is 0 Å². The molecule has 7 nitrogen and oxygen atoms in total. The van der Waals surface area contributed by atoms with Crippen LogP contribution in [-0.2, 0) is 11.2 Å². The Labute approximate surface area is 156 Å². The van der Waals surface area contributed by atoms with Crippen LogP contribution in [0.4, 0.5) is 11.6 Å². The topological polar surface area (TPSA) is 99.6 Å². The Hall–Kier alpha value is -3.48. The minimum Gasteiger partial charge on any atom is -0.497 e.